The second-order valence-electron chi connectivity index (χ2n) is 5.01. The van der Waals surface area contributed by atoms with E-state index in [0.717, 1.165) is 32.8 Å². The Balaban J connectivity index is 1.87. The Hall–Kier alpha value is -1.79. The molecule has 1 aromatic carbocycles. The van der Waals surface area contributed by atoms with E-state index in [1.807, 2.05) is 6.92 Å². The van der Waals surface area contributed by atoms with Crippen LogP contribution >= 0.6 is 0 Å². The lowest BCUT2D eigenvalue weighted by molar-refractivity contribution is 0.0383. The van der Waals surface area contributed by atoms with Gasteiger partial charge in [0.25, 0.3) is 5.91 Å². The molecule has 6 nitrogen and oxygen atoms in total. The van der Waals surface area contributed by atoms with Crippen molar-refractivity contribution in [2.24, 2.45) is 0 Å². The van der Waals surface area contributed by atoms with E-state index in [-0.39, 0.29) is 5.91 Å². The van der Waals surface area contributed by atoms with E-state index in [4.69, 9.17) is 14.2 Å². The summed E-state index contributed by atoms with van der Waals surface area (Å²) in [4.78, 5) is 14.5. The van der Waals surface area contributed by atoms with Gasteiger partial charge in [0.05, 0.1) is 26.9 Å². The highest BCUT2D eigenvalue weighted by atomic mass is 16.5. The Morgan fingerprint density at radius 2 is 2.09 bits per heavy atom. The molecule has 1 aromatic rings. The smallest absolute Gasteiger partial charge is 0.251 e. The number of nitrogens with one attached hydrogen (secondary N) is 1. The standard InChI is InChI=1S/C16H24N2O4/c1-3-22-15-12-13(4-5-14(15)20-2)16(19)17-6-7-18-8-10-21-11-9-18/h4-5,12H,3,6-11H2,1-2H3,(H,17,19). The lowest BCUT2D eigenvalue weighted by Gasteiger charge is -2.26. The molecule has 1 aliphatic heterocycles. The topological polar surface area (TPSA) is 60.0 Å². The van der Waals surface area contributed by atoms with Crippen molar-refractivity contribution in [3.05, 3.63) is 23.8 Å². The van der Waals surface area contributed by atoms with Crippen LogP contribution in [0.25, 0.3) is 0 Å². The second-order valence-corrected chi connectivity index (χ2v) is 5.01. The van der Waals surface area contributed by atoms with Crippen molar-refractivity contribution in [3.8, 4) is 11.5 Å². The van der Waals surface area contributed by atoms with Crippen LogP contribution in [0, 0.1) is 0 Å². The van der Waals surface area contributed by atoms with E-state index < -0.39 is 0 Å². The number of hydrogen-bond donors (Lipinski definition) is 1. The van der Waals surface area contributed by atoms with E-state index in [1.54, 1.807) is 25.3 Å². The molecule has 0 aliphatic carbocycles. The fourth-order valence-corrected chi connectivity index (χ4v) is 2.34. The van der Waals surface area contributed by atoms with Crippen molar-refractivity contribution in [1.29, 1.82) is 0 Å². The molecule has 0 spiro atoms. The van der Waals surface area contributed by atoms with Crippen LogP contribution in [-0.2, 0) is 4.74 Å². The summed E-state index contributed by atoms with van der Waals surface area (Å²) in [5.74, 6) is 1.12. The van der Waals surface area contributed by atoms with Crippen molar-refractivity contribution in [1.82, 2.24) is 10.2 Å². The number of carbonyl (C=O) groups excluding carboxylic acids is 1. The molecule has 0 atom stereocenters. The molecule has 1 heterocycles. The predicted octanol–water partition coefficient (Wildman–Crippen LogP) is 1.16. The van der Waals surface area contributed by atoms with Crippen LogP contribution in [0.5, 0.6) is 11.5 Å². The number of rotatable bonds is 7. The maximum atomic E-state index is 12.2. The van der Waals surface area contributed by atoms with Gasteiger partial charge < -0.3 is 19.5 Å². The van der Waals surface area contributed by atoms with E-state index in [1.165, 1.54) is 0 Å². The van der Waals surface area contributed by atoms with Crippen LogP contribution in [0.15, 0.2) is 18.2 Å². The summed E-state index contributed by atoms with van der Waals surface area (Å²) < 4.78 is 16.0. The summed E-state index contributed by atoms with van der Waals surface area (Å²) in [6, 6.07) is 5.21. The lowest BCUT2D eigenvalue weighted by atomic mass is 10.2. The fraction of sp³-hybridized carbons (Fsp3) is 0.562. The molecule has 0 aromatic heterocycles. The Morgan fingerprint density at radius 1 is 1.32 bits per heavy atom. The highest BCUT2D eigenvalue weighted by Gasteiger charge is 2.13. The maximum Gasteiger partial charge on any atom is 0.251 e. The lowest BCUT2D eigenvalue weighted by Crippen LogP contribution is -2.41. The van der Waals surface area contributed by atoms with Crippen molar-refractivity contribution in [2.45, 2.75) is 6.92 Å². The van der Waals surface area contributed by atoms with Crippen LogP contribution in [-0.4, -0.2) is 63.9 Å². The Kier molecular flexibility index (Phi) is 6.48. The molecule has 0 radical (unpaired) electrons. The summed E-state index contributed by atoms with van der Waals surface area (Å²) in [6.45, 7) is 7.26. The van der Waals surface area contributed by atoms with Crippen LogP contribution in [0.1, 0.15) is 17.3 Å². The van der Waals surface area contributed by atoms with E-state index >= 15 is 0 Å². The molecular weight excluding hydrogens is 284 g/mol. The average molecular weight is 308 g/mol. The zero-order valence-corrected chi connectivity index (χ0v) is 13.3. The SMILES string of the molecule is CCOc1cc(C(=O)NCCN2CCOCC2)ccc1OC. The summed E-state index contributed by atoms with van der Waals surface area (Å²) >= 11 is 0. The molecule has 1 saturated heterocycles. The summed E-state index contributed by atoms with van der Waals surface area (Å²) in [5, 5.41) is 2.94. The summed E-state index contributed by atoms with van der Waals surface area (Å²) in [6.07, 6.45) is 0. The summed E-state index contributed by atoms with van der Waals surface area (Å²) in [5.41, 5.74) is 0.575. The molecule has 6 heteroatoms. The van der Waals surface area contributed by atoms with E-state index in [9.17, 15) is 4.79 Å². The maximum absolute atomic E-state index is 12.2. The molecular formula is C16H24N2O4. The number of nitrogens with zero attached hydrogens (tertiary/aromatic N) is 1. The molecule has 1 amide bonds. The van der Waals surface area contributed by atoms with Gasteiger partial charge in [-0.25, -0.2) is 0 Å². The number of amides is 1. The van der Waals surface area contributed by atoms with Gasteiger partial charge in [-0.3, -0.25) is 9.69 Å². The summed E-state index contributed by atoms with van der Waals surface area (Å²) in [7, 11) is 1.58. The van der Waals surface area contributed by atoms with Gasteiger partial charge in [-0.05, 0) is 25.1 Å². The van der Waals surface area contributed by atoms with Crippen molar-refractivity contribution < 1.29 is 19.0 Å². The highest BCUT2D eigenvalue weighted by Crippen LogP contribution is 2.27. The average Bonchev–Trinajstić information content (AvgIpc) is 2.56. The van der Waals surface area contributed by atoms with Gasteiger partial charge >= 0.3 is 0 Å². The van der Waals surface area contributed by atoms with Gasteiger partial charge in [0.2, 0.25) is 0 Å². The molecule has 0 unspecified atom stereocenters. The fourth-order valence-electron chi connectivity index (χ4n) is 2.34. The third-order valence-electron chi connectivity index (χ3n) is 3.54. The van der Waals surface area contributed by atoms with E-state index in [0.29, 0.717) is 30.2 Å². The number of methoxy groups -OCH3 is 1. The van der Waals surface area contributed by atoms with E-state index in [2.05, 4.69) is 10.2 Å². The largest absolute Gasteiger partial charge is 0.493 e. The zero-order chi connectivity index (χ0) is 15.8. The van der Waals surface area contributed by atoms with Gasteiger partial charge in [-0.1, -0.05) is 0 Å². The number of hydrogen-bond acceptors (Lipinski definition) is 5. The Bertz CT molecular complexity index is 487. The molecule has 122 valence electrons. The number of carbonyl (C=O) groups is 1. The molecule has 2 rings (SSSR count). The van der Waals surface area contributed by atoms with Gasteiger partial charge in [0.1, 0.15) is 0 Å². The van der Waals surface area contributed by atoms with Gasteiger partial charge in [0, 0.05) is 31.7 Å². The minimum Gasteiger partial charge on any atom is -0.493 e. The van der Waals surface area contributed by atoms with Gasteiger partial charge in [-0.15, -0.1) is 0 Å². The third-order valence-corrected chi connectivity index (χ3v) is 3.54. The third kappa shape index (κ3) is 4.61. The van der Waals surface area contributed by atoms with Crippen molar-refractivity contribution in [2.75, 3.05) is 53.1 Å². The number of ether oxygens (including phenoxy) is 3. The normalized spacial score (nSPS) is 15.4. The first-order chi connectivity index (χ1) is 10.7. The highest BCUT2D eigenvalue weighted by molar-refractivity contribution is 5.94. The Morgan fingerprint density at radius 3 is 2.77 bits per heavy atom. The van der Waals surface area contributed by atoms with Crippen molar-refractivity contribution >= 4 is 5.91 Å². The second kappa shape index (κ2) is 8.60. The van der Waals surface area contributed by atoms with Crippen LogP contribution in [0.3, 0.4) is 0 Å². The molecule has 22 heavy (non-hydrogen) atoms. The van der Waals surface area contributed by atoms with Crippen molar-refractivity contribution in [3.63, 3.8) is 0 Å². The van der Waals surface area contributed by atoms with Crippen LogP contribution in [0.2, 0.25) is 0 Å². The molecule has 0 saturated carbocycles. The minimum atomic E-state index is -0.100. The molecule has 1 fully saturated rings. The molecule has 1 N–H and O–H groups in total. The van der Waals surface area contributed by atoms with Crippen LogP contribution < -0.4 is 14.8 Å². The first kappa shape index (κ1) is 16.6. The van der Waals surface area contributed by atoms with Crippen LogP contribution in [0.4, 0.5) is 0 Å². The quantitative estimate of drug-likeness (QED) is 0.819. The first-order valence-corrected chi connectivity index (χ1v) is 7.63. The Labute approximate surface area is 131 Å². The first-order valence-electron chi connectivity index (χ1n) is 7.63. The molecule has 1 aliphatic rings. The number of benzene rings is 1. The predicted molar refractivity (Wildman–Crippen MR) is 83.8 cm³/mol. The minimum absolute atomic E-state index is 0.100. The van der Waals surface area contributed by atoms with Gasteiger partial charge in [0.15, 0.2) is 11.5 Å². The monoisotopic (exact) mass is 308 g/mol. The van der Waals surface area contributed by atoms with Gasteiger partial charge in [-0.2, -0.15) is 0 Å². The zero-order valence-electron chi connectivity index (χ0n) is 13.3. The number of morpholine rings is 1. The molecule has 0 bridgehead atoms.